The van der Waals surface area contributed by atoms with Crippen molar-refractivity contribution in [2.24, 2.45) is 0 Å². The zero-order chi connectivity index (χ0) is 18.9. The van der Waals surface area contributed by atoms with Gasteiger partial charge in [0.1, 0.15) is 9.75 Å². The van der Waals surface area contributed by atoms with Crippen LogP contribution >= 0.6 is 11.3 Å². The third-order valence-corrected chi connectivity index (χ3v) is 7.25. The molecule has 1 unspecified atom stereocenters. The largest absolute Gasteiger partial charge is 0.480 e. The highest BCUT2D eigenvalue weighted by atomic mass is 32.2. The zero-order valence-corrected chi connectivity index (χ0v) is 15.6. The number of thiophene rings is 1. The van der Waals surface area contributed by atoms with Crippen molar-refractivity contribution in [1.82, 2.24) is 4.90 Å². The maximum absolute atomic E-state index is 12.8. The van der Waals surface area contributed by atoms with Crippen LogP contribution in [0.3, 0.4) is 0 Å². The standard InChI is InChI=1S/C17H18N2O5S2/c1-17(16(21)22)8-4-9-19(17)15(20)12-5-2-6-13(11-12)18-26(23,24)14-7-3-10-25-14/h2-3,5-7,10-11,18H,4,8-9H2,1H3,(H,21,22). The van der Waals surface area contributed by atoms with E-state index in [2.05, 4.69) is 4.72 Å². The van der Waals surface area contributed by atoms with E-state index in [1.165, 1.54) is 24.0 Å². The molecule has 0 aliphatic carbocycles. The molecule has 0 spiro atoms. The minimum absolute atomic E-state index is 0.173. The lowest BCUT2D eigenvalue weighted by Gasteiger charge is -2.31. The summed E-state index contributed by atoms with van der Waals surface area (Å²) in [6, 6.07) is 9.21. The van der Waals surface area contributed by atoms with Crippen LogP contribution in [0.2, 0.25) is 0 Å². The number of anilines is 1. The Kier molecular flexibility index (Phi) is 4.76. The number of carboxylic acids is 1. The first-order valence-corrected chi connectivity index (χ1v) is 10.3. The van der Waals surface area contributed by atoms with Gasteiger partial charge in [-0.25, -0.2) is 13.2 Å². The Hall–Kier alpha value is -2.39. The second-order valence-electron chi connectivity index (χ2n) is 6.26. The van der Waals surface area contributed by atoms with Crippen LogP contribution < -0.4 is 4.72 Å². The summed E-state index contributed by atoms with van der Waals surface area (Å²) < 4.78 is 27.3. The van der Waals surface area contributed by atoms with Crippen LogP contribution in [0, 0.1) is 0 Å². The SMILES string of the molecule is CC1(C(=O)O)CCCN1C(=O)c1cccc(NS(=O)(=O)c2cccs2)c1. The van der Waals surface area contributed by atoms with Crippen LogP contribution in [0.25, 0.3) is 0 Å². The van der Waals surface area contributed by atoms with Crippen molar-refractivity contribution in [1.29, 1.82) is 0 Å². The van der Waals surface area contributed by atoms with Gasteiger partial charge in [-0.05, 0) is 49.4 Å². The monoisotopic (exact) mass is 394 g/mol. The lowest BCUT2D eigenvalue weighted by atomic mass is 9.98. The third kappa shape index (κ3) is 3.32. The summed E-state index contributed by atoms with van der Waals surface area (Å²) >= 11 is 1.09. The highest BCUT2D eigenvalue weighted by molar-refractivity contribution is 7.94. The molecular weight excluding hydrogens is 376 g/mol. The molecule has 0 bridgehead atoms. The summed E-state index contributed by atoms with van der Waals surface area (Å²) in [5, 5.41) is 11.1. The molecule has 2 heterocycles. The normalized spacial score (nSPS) is 20.1. The van der Waals surface area contributed by atoms with E-state index in [9.17, 15) is 23.1 Å². The van der Waals surface area contributed by atoms with Gasteiger partial charge in [0.05, 0.1) is 0 Å². The molecule has 26 heavy (non-hydrogen) atoms. The van der Waals surface area contributed by atoms with E-state index in [-0.39, 0.29) is 15.5 Å². The number of nitrogens with zero attached hydrogens (tertiary/aromatic N) is 1. The van der Waals surface area contributed by atoms with Gasteiger partial charge < -0.3 is 10.0 Å². The molecule has 1 aliphatic rings. The maximum Gasteiger partial charge on any atom is 0.329 e. The van der Waals surface area contributed by atoms with Gasteiger partial charge in [-0.1, -0.05) is 12.1 Å². The molecule has 1 aromatic heterocycles. The molecule has 2 N–H and O–H groups in total. The molecule has 1 atom stereocenters. The number of rotatable bonds is 5. The molecule has 0 saturated carbocycles. The van der Waals surface area contributed by atoms with Crippen molar-refractivity contribution in [3.05, 3.63) is 47.3 Å². The van der Waals surface area contributed by atoms with Crippen LogP contribution in [-0.2, 0) is 14.8 Å². The van der Waals surface area contributed by atoms with Crippen LogP contribution in [0.5, 0.6) is 0 Å². The first-order chi connectivity index (χ1) is 12.2. The molecular formula is C17H18N2O5S2. The number of likely N-dealkylation sites (tertiary alicyclic amines) is 1. The predicted molar refractivity (Wildman–Crippen MR) is 97.9 cm³/mol. The molecule has 1 fully saturated rings. The van der Waals surface area contributed by atoms with E-state index >= 15 is 0 Å². The maximum atomic E-state index is 12.8. The zero-order valence-electron chi connectivity index (χ0n) is 14.0. The van der Waals surface area contributed by atoms with Gasteiger partial charge in [0.2, 0.25) is 0 Å². The molecule has 1 saturated heterocycles. The van der Waals surface area contributed by atoms with Crippen molar-refractivity contribution in [2.45, 2.75) is 29.5 Å². The first-order valence-electron chi connectivity index (χ1n) is 7.96. The quantitative estimate of drug-likeness (QED) is 0.811. The Morgan fingerprint density at radius 1 is 1.27 bits per heavy atom. The highest BCUT2D eigenvalue weighted by Gasteiger charge is 2.46. The number of carbonyl (C=O) groups is 2. The van der Waals surface area contributed by atoms with E-state index in [4.69, 9.17) is 0 Å². The minimum atomic E-state index is -3.72. The van der Waals surface area contributed by atoms with Crippen molar-refractivity contribution in [2.75, 3.05) is 11.3 Å². The Morgan fingerprint density at radius 2 is 2.04 bits per heavy atom. The molecule has 2 aromatic rings. The average Bonchev–Trinajstić information content (AvgIpc) is 3.24. The molecule has 0 radical (unpaired) electrons. The summed E-state index contributed by atoms with van der Waals surface area (Å²) in [6.45, 7) is 1.89. The van der Waals surface area contributed by atoms with Gasteiger partial charge >= 0.3 is 5.97 Å². The lowest BCUT2D eigenvalue weighted by Crippen LogP contribution is -2.50. The van der Waals surface area contributed by atoms with Crippen LogP contribution in [0.4, 0.5) is 5.69 Å². The van der Waals surface area contributed by atoms with Gasteiger partial charge in [0.15, 0.2) is 0 Å². The predicted octanol–water partition coefficient (Wildman–Crippen LogP) is 2.63. The van der Waals surface area contributed by atoms with E-state index in [1.54, 1.807) is 29.6 Å². The van der Waals surface area contributed by atoms with Gasteiger partial charge in [0, 0.05) is 17.8 Å². The van der Waals surface area contributed by atoms with E-state index in [1.807, 2.05) is 0 Å². The van der Waals surface area contributed by atoms with E-state index < -0.39 is 27.4 Å². The smallest absolute Gasteiger partial charge is 0.329 e. The Morgan fingerprint density at radius 3 is 2.69 bits per heavy atom. The number of carboxylic acid groups (broad SMARTS) is 1. The lowest BCUT2D eigenvalue weighted by molar-refractivity contribution is -0.147. The third-order valence-electron chi connectivity index (χ3n) is 4.47. The first kappa shape index (κ1) is 18.4. The topological polar surface area (TPSA) is 104 Å². The molecule has 1 aromatic carbocycles. The average molecular weight is 394 g/mol. The molecule has 3 rings (SSSR count). The second kappa shape index (κ2) is 6.73. The van der Waals surface area contributed by atoms with Crippen LogP contribution in [0.1, 0.15) is 30.1 Å². The van der Waals surface area contributed by atoms with Crippen LogP contribution in [-0.4, -0.2) is 42.4 Å². The van der Waals surface area contributed by atoms with Gasteiger partial charge in [-0.2, -0.15) is 0 Å². The summed E-state index contributed by atoms with van der Waals surface area (Å²) in [4.78, 5) is 25.7. The van der Waals surface area contributed by atoms with Crippen molar-refractivity contribution < 1.29 is 23.1 Å². The van der Waals surface area contributed by atoms with Crippen molar-refractivity contribution >= 4 is 38.9 Å². The fourth-order valence-corrected chi connectivity index (χ4v) is 5.05. The Labute approximate surface area is 155 Å². The Balaban J connectivity index is 1.86. The number of hydrogen-bond donors (Lipinski definition) is 2. The van der Waals surface area contributed by atoms with Crippen LogP contribution in [0.15, 0.2) is 46.0 Å². The fourth-order valence-electron chi connectivity index (χ4n) is 3.00. The van der Waals surface area contributed by atoms with Gasteiger partial charge in [0.25, 0.3) is 15.9 Å². The summed E-state index contributed by atoms with van der Waals surface area (Å²) in [5.41, 5.74) is -0.755. The summed E-state index contributed by atoms with van der Waals surface area (Å²) in [5.74, 6) is -1.47. The van der Waals surface area contributed by atoms with Crippen molar-refractivity contribution in [3.8, 4) is 0 Å². The number of nitrogens with one attached hydrogen (secondary N) is 1. The Bertz CT molecular complexity index is 940. The number of hydrogen-bond acceptors (Lipinski definition) is 5. The van der Waals surface area contributed by atoms with Gasteiger partial charge in [-0.15, -0.1) is 11.3 Å². The second-order valence-corrected chi connectivity index (χ2v) is 9.11. The summed E-state index contributed by atoms with van der Waals surface area (Å²) in [7, 11) is -3.72. The van der Waals surface area contributed by atoms with E-state index in [0.717, 1.165) is 11.3 Å². The molecule has 1 aliphatic heterocycles. The molecule has 9 heteroatoms. The molecule has 138 valence electrons. The van der Waals surface area contributed by atoms with E-state index in [0.29, 0.717) is 19.4 Å². The molecule has 1 amide bonds. The summed E-state index contributed by atoms with van der Waals surface area (Å²) in [6.07, 6.45) is 0.998. The number of carbonyl (C=O) groups excluding carboxylic acids is 1. The number of sulfonamides is 1. The van der Waals surface area contributed by atoms with Crippen molar-refractivity contribution in [3.63, 3.8) is 0 Å². The molecule has 7 nitrogen and oxygen atoms in total. The fraction of sp³-hybridized carbons (Fsp3) is 0.294. The number of amides is 1. The number of aliphatic carboxylic acids is 1. The number of benzene rings is 1. The highest BCUT2D eigenvalue weighted by Crippen LogP contribution is 2.31. The van der Waals surface area contributed by atoms with Gasteiger partial charge in [-0.3, -0.25) is 9.52 Å². The minimum Gasteiger partial charge on any atom is -0.480 e.